The number of amides is 1. The lowest BCUT2D eigenvalue weighted by molar-refractivity contribution is -0.141. The highest BCUT2D eigenvalue weighted by atomic mass is 32.2. The Kier molecular flexibility index (Phi) is 4.15. The van der Waals surface area contributed by atoms with Gasteiger partial charge in [-0.3, -0.25) is 4.79 Å². The van der Waals surface area contributed by atoms with Crippen LogP contribution in [0.2, 0.25) is 0 Å². The van der Waals surface area contributed by atoms with E-state index in [2.05, 4.69) is 0 Å². The van der Waals surface area contributed by atoms with Gasteiger partial charge < -0.3 is 10.0 Å². The van der Waals surface area contributed by atoms with Crippen molar-refractivity contribution in [1.82, 2.24) is 4.90 Å². The molecule has 0 aromatic heterocycles. The lowest BCUT2D eigenvalue weighted by atomic mass is 10.1. The van der Waals surface area contributed by atoms with Crippen molar-refractivity contribution in [2.75, 3.05) is 5.75 Å². The van der Waals surface area contributed by atoms with Crippen molar-refractivity contribution in [1.29, 1.82) is 0 Å². The molecule has 4 nitrogen and oxygen atoms in total. The van der Waals surface area contributed by atoms with Crippen LogP contribution < -0.4 is 0 Å². The third-order valence-corrected chi connectivity index (χ3v) is 4.95. The quantitative estimate of drug-likeness (QED) is 0.946. The summed E-state index contributed by atoms with van der Waals surface area (Å²) in [6, 6.07) is 17.6. The number of nitrogens with zero attached hydrogens (tertiary/aromatic N) is 1. The van der Waals surface area contributed by atoms with Crippen molar-refractivity contribution >= 4 is 23.6 Å². The van der Waals surface area contributed by atoms with Gasteiger partial charge in [-0.1, -0.05) is 48.5 Å². The van der Waals surface area contributed by atoms with Crippen LogP contribution >= 0.6 is 11.8 Å². The fourth-order valence-corrected chi connectivity index (χ4v) is 3.97. The van der Waals surface area contributed by atoms with Gasteiger partial charge in [0.05, 0.1) is 0 Å². The van der Waals surface area contributed by atoms with E-state index in [0.717, 1.165) is 5.56 Å². The van der Waals surface area contributed by atoms with Crippen LogP contribution in [-0.4, -0.2) is 33.7 Å². The molecule has 5 heteroatoms. The predicted octanol–water partition coefficient (Wildman–Crippen LogP) is 3.03. The van der Waals surface area contributed by atoms with Gasteiger partial charge in [-0.05, 0) is 17.7 Å². The van der Waals surface area contributed by atoms with Gasteiger partial charge in [0.15, 0.2) is 0 Å². The fraction of sp³-hybridized carbons (Fsp3) is 0.176. The third-order valence-electron chi connectivity index (χ3n) is 3.63. The monoisotopic (exact) mass is 313 g/mol. The van der Waals surface area contributed by atoms with E-state index < -0.39 is 12.0 Å². The van der Waals surface area contributed by atoms with Gasteiger partial charge >= 0.3 is 5.97 Å². The zero-order valence-electron chi connectivity index (χ0n) is 11.8. The molecule has 1 amide bonds. The van der Waals surface area contributed by atoms with Crippen molar-refractivity contribution < 1.29 is 14.7 Å². The van der Waals surface area contributed by atoms with Crippen molar-refractivity contribution in [2.24, 2.45) is 0 Å². The minimum atomic E-state index is -0.963. The molecule has 2 aromatic carbocycles. The maximum atomic E-state index is 12.8. The SMILES string of the molecule is O=C(O)[C@H]1CS[C@H](c2ccccc2)N1C(=O)c1ccccc1. The topological polar surface area (TPSA) is 57.6 Å². The number of carboxylic acid groups (broad SMARTS) is 1. The third kappa shape index (κ3) is 2.72. The first-order valence-electron chi connectivity index (χ1n) is 6.95. The zero-order chi connectivity index (χ0) is 15.5. The summed E-state index contributed by atoms with van der Waals surface area (Å²) in [6.07, 6.45) is 0. The summed E-state index contributed by atoms with van der Waals surface area (Å²) in [5, 5.41) is 9.17. The molecule has 0 spiro atoms. The average Bonchev–Trinajstić information content (AvgIpc) is 3.01. The number of aliphatic carboxylic acids is 1. The highest BCUT2D eigenvalue weighted by molar-refractivity contribution is 7.99. The minimum Gasteiger partial charge on any atom is -0.480 e. The molecule has 112 valence electrons. The lowest BCUT2D eigenvalue weighted by Gasteiger charge is -2.27. The number of thioether (sulfide) groups is 1. The Morgan fingerprint density at radius 3 is 2.18 bits per heavy atom. The minimum absolute atomic E-state index is 0.244. The van der Waals surface area contributed by atoms with E-state index >= 15 is 0 Å². The van der Waals surface area contributed by atoms with Crippen LogP contribution in [-0.2, 0) is 4.79 Å². The summed E-state index contributed by atoms with van der Waals surface area (Å²) in [4.78, 5) is 25.8. The maximum Gasteiger partial charge on any atom is 0.327 e. The van der Waals surface area contributed by atoms with Gasteiger partial charge in [0.2, 0.25) is 0 Å². The Bertz CT molecular complexity index is 675. The first kappa shape index (κ1) is 14.7. The Hall–Kier alpha value is -2.27. The number of carboxylic acids is 1. The van der Waals surface area contributed by atoms with Gasteiger partial charge in [0, 0.05) is 11.3 Å². The smallest absolute Gasteiger partial charge is 0.327 e. The van der Waals surface area contributed by atoms with E-state index in [1.54, 1.807) is 24.3 Å². The van der Waals surface area contributed by atoms with Crippen LogP contribution in [0.15, 0.2) is 60.7 Å². The summed E-state index contributed by atoms with van der Waals surface area (Å²) >= 11 is 1.49. The number of carbonyl (C=O) groups excluding carboxylic acids is 1. The van der Waals surface area contributed by atoms with E-state index in [0.29, 0.717) is 11.3 Å². The van der Waals surface area contributed by atoms with Crippen molar-refractivity contribution in [2.45, 2.75) is 11.4 Å². The molecular formula is C17H15NO3S. The second-order valence-corrected chi connectivity index (χ2v) is 6.14. The Morgan fingerprint density at radius 2 is 1.59 bits per heavy atom. The van der Waals surface area contributed by atoms with E-state index in [1.165, 1.54) is 16.7 Å². The molecule has 0 unspecified atom stereocenters. The number of hydrogen-bond donors (Lipinski definition) is 1. The number of rotatable bonds is 3. The summed E-state index contributed by atoms with van der Waals surface area (Å²) in [7, 11) is 0. The van der Waals surface area contributed by atoms with E-state index in [4.69, 9.17) is 0 Å². The largest absolute Gasteiger partial charge is 0.480 e. The van der Waals surface area contributed by atoms with Crippen LogP contribution in [0.4, 0.5) is 0 Å². The number of hydrogen-bond acceptors (Lipinski definition) is 3. The molecule has 1 fully saturated rings. The summed E-state index contributed by atoms with van der Waals surface area (Å²) in [5.41, 5.74) is 1.46. The summed E-state index contributed by atoms with van der Waals surface area (Å²) < 4.78 is 0. The molecular weight excluding hydrogens is 298 g/mol. The molecule has 1 heterocycles. The fourth-order valence-electron chi connectivity index (χ4n) is 2.55. The van der Waals surface area contributed by atoms with Crippen LogP contribution in [0.3, 0.4) is 0 Å². The highest BCUT2D eigenvalue weighted by Gasteiger charge is 2.42. The molecule has 0 radical (unpaired) electrons. The molecule has 0 aliphatic carbocycles. The van der Waals surface area contributed by atoms with E-state index in [9.17, 15) is 14.7 Å². The second-order valence-electron chi connectivity index (χ2n) is 5.03. The second kappa shape index (κ2) is 6.23. The summed E-state index contributed by atoms with van der Waals surface area (Å²) in [5.74, 6) is -0.810. The van der Waals surface area contributed by atoms with Gasteiger partial charge in [0.25, 0.3) is 5.91 Å². The Labute approximate surface area is 132 Å². The maximum absolute atomic E-state index is 12.8. The Morgan fingerprint density at radius 1 is 1.00 bits per heavy atom. The van der Waals surface area contributed by atoms with Crippen LogP contribution in [0, 0.1) is 0 Å². The summed E-state index contributed by atoms with van der Waals surface area (Å²) in [6.45, 7) is 0. The van der Waals surface area contributed by atoms with E-state index in [-0.39, 0.29) is 11.3 Å². The predicted molar refractivity (Wildman–Crippen MR) is 85.7 cm³/mol. The molecule has 3 rings (SSSR count). The van der Waals surface area contributed by atoms with E-state index in [1.807, 2.05) is 36.4 Å². The van der Waals surface area contributed by atoms with Crippen LogP contribution in [0.1, 0.15) is 21.3 Å². The molecule has 1 aliphatic rings. The number of benzene rings is 2. The standard InChI is InChI=1S/C17H15NO3S/c19-15(12-7-3-1-4-8-12)18-14(17(20)21)11-22-16(18)13-9-5-2-6-10-13/h1-10,14,16H,11H2,(H,20,21)/t14-,16-/m1/s1. The molecule has 22 heavy (non-hydrogen) atoms. The normalized spacial score (nSPS) is 20.8. The van der Waals surface area contributed by atoms with Crippen molar-refractivity contribution in [3.05, 3.63) is 71.8 Å². The first-order chi connectivity index (χ1) is 10.7. The van der Waals surface area contributed by atoms with Gasteiger partial charge in [-0.25, -0.2) is 4.79 Å². The molecule has 1 aliphatic heterocycles. The van der Waals surface area contributed by atoms with Crippen molar-refractivity contribution in [3.63, 3.8) is 0 Å². The molecule has 0 saturated carbocycles. The van der Waals surface area contributed by atoms with Crippen LogP contribution in [0.5, 0.6) is 0 Å². The molecule has 2 atom stereocenters. The van der Waals surface area contributed by atoms with Gasteiger partial charge in [0.1, 0.15) is 11.4 Å². The average molecular weight is 313 g/mol. The molecule has 0 bridgehead atoms. The molecule has 2 aromatic rings. The zero-order valence-corrected chi connectivity index (χ0v) is 12.6. The van der Waals surface area contributed by atoms with Gasteiger partial charge in [-0.2, -0.15) is 0 Å². The molecule has 1 N–H and O–H groups in total. The number of carbonyl (C=O) groups is 2. The molecule has 1 saturated heterocycles. The van der Waals surface area contributed by atoms with Crippen molar-refractivity contribution in [3.8, 4) is 0 Å². The van der Waals surface area contributed by atoms with Crippen LogP contribution in [0.25, 0.3) is 0 Å². The highest BCUT2D eigenvalue weighted by Crippen LogP contribution is 2.42. The van der Waals surface area contributed by atoms with Gasteiger partial charge in [-0.15, -0.1) is 11.8 Å². The Balaban J connectivity index is 1.98. The first-order valence-corrected chi connectivity index (χ1v) is 8.00. The lowest BCUT2D eigenvalue weighted by Crippen LogP contribution is -2.42.